The van der Waals surface area contributed by atoms with Crippen LogP contribution in [0.25, 0.3) is 11.1 Å². The lowest BCUT2D eigenvalue weighted by Gasteiger charge is -2.22. The number of thiazole rings is 1. The van der Waals surface area contributed by atoms with Gasteiger partial charge in [-0.25, -0.2) is 14.6 Å². The minimum absolute atomic E-state index is 0.00620. The highest BCUT2D eigenvalue weighted by Crippen LogP contribution is 2.44. The minimum atomic E-state index is -1.08. The average molecular weight is 494 g/mol. The molecule has 1 aliphatic rings. The molecule has 182 valence electrons. The first kappa shape index (κ1) is 24.4. The van der Waals surface area contributed by atoms with Gasteiger partial charge < -0.3 is 20.5 Å². The molecule has 2 amide bonds. The van der Waals surface area contributed by atoms with Crippen molar-refractivity contribution in [3.8, 4) is 11.1 Å². The Balaban J connectivity index is 1.32. The van der Waals surface area contributed by atoms with Gasteiger partial charge in [-0.15, -0.1) is 11.3 Å². The smallest absolute Gasteiger partial charge is 0.407 e. The Morgan fingerprint density at radius 3 is 2.26 bits per heavy atom. The predicted octanol–water partition coefficient (Wildman–Crippen LogP) is 4.06. The topological polar surface area (TPSA) is 118 Å². The van der Waals surface area contributed by atoms with Crippen LogP contribution < -0.4 is 10.6 Å². The number of carboxylic acids is 1. The van der Waals surface area contributed by atoms with Crippen molar-refractivity contribution in [2.24, 2.45) is 5.92 Å². The van der Waals surface area contributed by atoms with E-state index in [1.807, 2.05) is 50.2 Å². The third kappa shape index (κ3) is 5.51. The van der Waals surface area contributed by atoms with E-state index in [1.165, 1.54) is 16.7 Å². The zero-order valence-electron chi connectivity index (χ0n) is 19.5. The van der Waals surface area contributed by atoms with Crippen molar-refractivity contribution >= 4 is 29.3 Å². The van der Waals surface area contributed by atoms with Crippen LogP contribution in [0.2, 0.25) is 0 Å². The fourth-order valence-electron chi connectivity index (χ4n) is 4.23. The highest BCUT2D eigenvalue weighted by atomic mass is 32.1. The van der Waals surface area contributed by atoms with Crippen molar-refractivity contribution in [2.75, 3.05) is 13.2 Å². The van der Waals surface area contributed by atoms with Crippen molar-refractivity contribution in [2.45, 2.75) is 32.2 Å². The molecule has 1 aliphatic carbocycles. The highest BCUT2D eigenvalue weighted by Gasteiger charge is 2.30. The fourth-order valence-corrected chi connectivity index (χ4v) is 5.00. The SMILES string of the molecule is CC(C)[C@H](NC(=O)OCC1c2ccccc2-c2ccccc21)C(=O)NCCc1nc(C(=O)O)cs1. The molecule has 9 heteroatoms. The maximum absolute atomic E-state index is 12.7. The number of benzene rings is 2. The molecular formula is C26H27N3O5S. The largest absolute Gasteiger partial charge is 0.476 e. The Hall–Kier alpha value is -3.72. The first-order chi connectivity index (χ1) is 16.8. The molecule has 0 spiro atoms. The quantitative estimate of drug-likeness (QED) is 0.414. The number of nitrogens with zero attached hydrogens (tertiary/aromatic N) is 1. The predicted molar refractivity (Wildman–Crippen MR) is 133 cm³/mol. The van der Waals surface area contributed by atoms with E-state index in [0.29, 0.717) is 11.4 Å². The monoisotopic (exact) mass is 493 g/mol. The molecule has 0 aliphatic heterocycles. The molecular weight excluding hydrogens is 466 g/mol. The third-order valence-corrected chi connectivity index (χ3v) is 6.88. The van der Waals surface area contributed by atoms with Crippen LogP contribution in [0, 0.1) is 5.92 Å². The summed E-state index contributed by atoms with van der Waals surface area (Å²) >= 11 is 1.23. The van der Waals surface area contributed by atoms with Crippen LogP contribution in [0.3, 0.4) is 0 Å². The summed E-state index contributed by atoms with van der Waals surface area (Å²) < 4.78 is 5.58. The summed E-state index contributed by atoms with van der Waals surface area (Å²) in [6, 6.07) is 15.4. The summed E-state index contributed by atoms with van der Waals surface area (Å²) in [5.41, 5.74) is 4.52. The maximum Gasteiger partial charge on any atom is 0.407 e. The van der Waals surface area contributed by atoms with Gasteiger partial charge in [-0.3, -0.25) is 4.79 Å². The molecule has 2 aromatic carbocycles. The molecule has 0 radical (unpaired) electrons. The summed E-state index contributed by atoms with van der Waals surface area (Å²) in [7, 11) is 0. The second-order valence-corrected chi connectivity index (χ2v) is 9.61. The van der Waals surface area contributed by atoms with E-state index >= 15 is 0 Å². The van der Waals surface area contributed by atoms with Gasteiger partial charge in [0.15, 0.2) is 5.69 Å². The Morgan fingerprint density at radius 2 is 1.69 bits per heavy atom. The number of carbonyl (C=O) groups excluding carboxylic acids is 2. The first-order valence-corrected chi connectivity index (χ1v) is 12.3. The van der Waals surface area contributed by atoms with Crippen molar-refractivity contribution in [3.63, 3.8) is 0 Å². The summed E-state index contributed by atoms with van der Waals surface area (Å²) in [5.74, 6) is -1.63. The van der Waals surface area contributed by atoms with Crippen LogP contribution in [0.15, 0.2) is 53.9 Å². The molecule has 8 nitrogen and oxygen atoms in total. The summed E-state index contributed by atoms with van der Waals surface area (Å²) in [5, 5.41) is 16.5. The van der Waals surface area contributed by atoms with E-state index in [-0.39, 0.29) is 36.6 Å². The van der Waals surface area contributed by atoms with Crippen molar-refractivity contribution in [3.05, 3.63) is 75.7 Å². The number of carboxylic acid groups (broad SMARTS) is 1. The summed E-state index contributed by atoms with van der Waals surface area (Å²) in [4.78, 5) is 40.3. The molecule has 0 unspecified atom stereocenters. The molecule has 0 saturated heterocycles. The zero-order valence-corrected chi connectivity index (χ0v) is 20.3. The number of rotatable bonds is 9. The number of alkyl carbamates (subject to hydrolysis) is 1. The van der Waals surface area contributed by atoms with Crippen LogP contribution >= 0.6 is 11.3 Å². The molecule has 1 aromatic heterocycles. The lowest BCUT2D eigenvalue weighted by atomic mass is 9.98. The van der Waals surface area contributed by atoms with Gasteiger partial charge in [-0.1, -0.05) is 62.4 Å². The van der Waals surface area contributed by atoms with Gasteiger partial charge in [0.25, 0.3) is 0 Å². The number of fused-ring (bicyclic) bond motifs is 3. The van der Waals surface area contributed by atoms with Gasteiger partial charge in [0.1, 0.15) is 12.6 Å². The number of hydrogen-bond donors (Lipinski definition) is 3. The number of nitrogens with one attached hydrogen (secondary N) is 2. The molecule has 3 N–H and O–H groups in total. The summed E-state index contributed by atoms with van der Waals surface area (Å²) in [6.45, 7) is 4.13. The number of aromatic nitrogens is 1. The van der Waals surface area contributed by atoms with Gasteiger partial charge in [0, 0.05) is 24.3 Å². The number of amides is 2. The van der Waals surface area contributed by atoms with E-state index in [1.54, 1.807) is 0 Å². The van der Waals surface area contributed by atoms with Crippen molar-refractivity contribution < 1.29 is 24.2 Å². The van der Waals surface area contributed by atoms with Crippen molar-refractivity contribution in [1.29, 1.82) is 0 Å². The molecule has 0 bridgehead atoms. The van der Waals surface area contributed by atoms with E-state index in [2.05, 4.69) is 27.8 Å². The average Bonchev–Trinajstić information content (AvgIpc) is 3.44. The second-order valence-electron chi connectivity index (χ2n) is 8.66. The van der Waals surface area contributed by atoms with Crippen LogP contribution in [0.1, 0.15) is 46.4 Å². The van der Waals surface area contributed by atoms with Gasteiger partial charge in [-0.2, -0.15) is 0 Å². The highest BCUT2D eigenvalue weighted by molar-refractivity contribution is 7.09. The lowest BCUT2D eigenvalue weighted by molar-refractivity contribution is -0.124. The van der Waals surface area contributed by atoms with E-state index < -0.39 is 18.1 Å². The Morgan fingerprint density at radius 1 is 1.06 bits per heavy atom. The molecule has 35 heavy (non-hydrogen) atoms. The normalized spacial score (nSPS) is 13.1. The van der Waals surface area contributed by atoms with E-state index in [4.69, 9.17) is 9.84 Å². The Labute approximate surface area is 207 Å². The van der Waals surface area contributed by atoms with Crippen LogP contribution in [-0.4, -0.2) is 47.3 Å². The first-order valence-electron chi connectivity index (χ1n) is 11.4. The molecule has 1 atom stereocenters. The number of aromatic carboxylic acids is 1. The number of hydrogen-bond acceptors (Lipinski definition) is 6. The fraction of sp³-hybridized carbons (Fsp3) is 0.308. The molecule has 0 fully saturated rings. The maximum atomic E-state index is 12.7. The number of ether oxygens (including phenoxy) is 1. The number of carbonyl (C=O) groups is 3. The zero-order chi connectivity index (χ0) is 24.9. The van der Waals surface area contributed by atoms with Gasteiger partial charge in [-0.05, 0) is 28.2 Å². The molecule has 0 saturated carbocycles. The minimum Gasteiger partial charge on any atom is -0.476 e. The van der Waals surface area contributed by atoms with Crippen LogP contribution in [0.5, 0.6) is 0 Å². The van der Waals surface area contributed by atoms with E-state index in [0.717, 1.165) is 22.3 Å². The van der Waals surface area contributed by atoms with Crippen LogP contribution in [0.4, 0.5) is 4.79 Å². The summed E-state index contributed by atoms with van der Waals surface area (Å²) in [6.07, 6.45) is -0.244. The third-order valence-electron chi connectivity index (χ3n) is 5.98. The lowest BCUT2D eigenvalue weighted by Crippen LogP contribution is -2.50. The molecule has 4 rings (SSSR count). The van der Waals surface area contributed by atoms with Gasteiger partial charge >= 0.3 is 12.1 Å². The molecule has 3 aromatic rings. The van der Waals surface area contributed by atoms with E-state index in [9.17, 15) is 14.4 Å². The Bertz CT molecular complexity index is 1190. The van der Waals surface area contributed by atoms with Crippen molar-refractivity contribution in [1.82, 2.24) is 15.6 Å². The second kappa shape index (κ2) is 10.7. The Kier molecular flexibility index (Phi) is 7.45. The van der Waals surface area contributed by atoms with Gasteiger partial charge in [0.05, 0.1) is 5.01 Å². The molecule has 1 heterocycles. The standard InChI is InChI=1S/C26H27N3O5S/c1-15(2)23(24(30)27-12-11-22-28-21(14-35-22)25(31)32)29-26(33)34-13-20-18-9-5-3-7-16(18)17-8-4-6-10-19(17)20/h3-10,14-15,20,23H,11-13H2,1-2H3,(H,27,30)(H,29,33)(H,31,32)/t23-/m0/s1. The van der Waals surface area contributed by atoms with Crippen LogP contribution in [-0.2, 0) is 16.0 Å². The van der Waals surface area contributed by atoms with Gasteiger partial charge in [0.2, 0.25) is 5.91 Å².